The van der Waals surface area contributed by atoms with Crippen LogP contribution in [0.4, 0.5) is 0 Å². The Morgan fingerprint density at radius 1 is 1.38 bits per heavy atom. The molecule has 1 atom stereocenters. The monoisotopic (exact) mass is 328 g/mol. The molecule has 1 fully saturated rings. The Kier molecular flexibility index (Phi) is 2.85. The van der Waals surface area contributed by atoms with Gasteiger partial charge in [-0.1, -0.05) is 6.07 Å². The molecule has 3 rings (SSSR count). The fourth-order valence-corrected chi connectivity index (χ4v) is 2.63. The predicted molar refractivity (Wildman–Crippen MR) is 71.3 cm³/mol. The largest absolute Gasteiger partial charge is 0.356 e. The summed E-state index contributed by atoms with van der Waals surface area (Å²) in [5.74, 6) is 0. The number of halogens is 1. The van der Waals surface area contributed by atoms with Crippen LogP contribution in [0.2, 0.25) is 0 Å². The molecule has 0 amide bonds. The van der Waals surface area contributed by atoms with Gasteiger partial charge in [0.05, 0.1) is 11.7 Å². The van der Waals surface area contributed by atoms with E-state index in [9.17, 15) is 0 Å². The number of hydrogen-bond acceptors (Lipinski definition) is 2. The second-order valence-electron chi connectivity index (χ2n) is 4.11. The van der Waals surface area contributed by atoms with Gasteiger partial charge < -0.3 is 4.74 Å². The molecule has 1 saturated heterocycles. The minimum absolute atomic E-state index is 0.129. The highest BCUT2D eigenvalue weighted by Crippen LogP contribution is 2.26. The standard InChI is InChI=1S/C12H13IN2O/c13-10-5-4-9-8-14-15(11(9)7-10)12-3-1-2-6-16-12/h4-5,7-8,12H,1-3,6H2/t12-/m0/s1. The van der Waals surface area contributed by atoms with E-state index in [1.807, 2.05) is 10.9 Å². The van der Waals surface area contributed by atoms with Gasteiger partial charge in [-0.3, -0.25) is 0 Å². The summed E-state index contributed by atoms with van der Waals surface area (Å²) < 4.78 is 9.03. The number of benzene rings is 1. The molecule has 4 heteroatoms. The van der Waals surface area contributed by atoms with Gasteiger partial charge >= 0.3 is 0 Å². The van der Waals surface area contributed by atoms with Gasteiger partial charge in [0.1, 0.15) is 0 Å². The maximum Gasteiger partial charge on any atom is 0.150 e. The molecular weight excluding hydrogens is 315 g/mol. The quantitative estimate of drug-likeness (QED) is 0.751. The molecule has 1 aliphatic rings. The Hall–Kier alpha value is -0.620. The molecule has 0 bridgehead atoms. The molecule has 16 heavy (non-hydrogen) atoms. The van der Waals surface area contributed by atoms with Gasteiger partial charge in [0, 0.05) is 15.6 Å². The lowest BCUT2D eigenvalue weighted by atomic mass is 10.2. The van der Waals surface area contributed by atoms with Crippen LogP contribution in [0, 0.1) is 3.57 Å². The first-order valence-corrected chi connectivity index (χ1v) is 6.67. The normalized spacial score (nSPS) is 21.4. The van der Waals surface area contributed by atoms with E-state index in [1.54, 1.807) is 0 Å². The van der Waals surface area contributed by atoms with E-state index in [2.05, 4.69) is 45.9 Å². The summed E-state index contributed by atoms with van der Waals surface area (Å²) in [5, 5.41) is 5.64. The van der Waals surface area contributed by atoms with Crippen LogP contribution < -0.4 is 0 Å². The highest BCUT2D eigenvalue weighted by atomic mass is 127. The summed E-state index contributed by atoms with van der Waals surface area (Å²) >= 11 is 2.33. The fraction of sp³-hybridized carbons (Fsp3) is 0.417. The van der Waals surface area contributed by atoms with E-state index in [-0.39, 0.29) is 6.23 Å². The Morgan fingerprint density at radius 2 is 2.31 bits per heavy atom. The maximum atomic E-state index is 5.77. The van der Waals surface area contributed by atoms with Crippen LogP contribution in [0.15, 0.2) is 24.4 Å². The second kappa shape index (κ2) is 4.33. The summed E-state index contributed by atoms with van der Waals surface area (Å²) in [4.78, 5) is 0. The smallest absolute Gasteiger partial charge is 0.150 e. The molecule has 0 unspecified atom stereocenters. The molecule has 84 valence electrons. The molecule has 1 aromatic carbocycles. The SMILES string of the molecule is Ic1ccc2cnn([C@@H]3CCCCO3)c2c1. The van der Waals surface area contributed by atoms with Gasteiger partial charge in [-0.05, 0) is 54.0 Å². The van der Waals surface area contributed by atoms with E-state index in [4.69, 9.17) is 4.74 Å². The summed E-state index contributed by atoms with van der Waals surface area (Å²) in [6.45, 7) is 0.857. The first-order valence-electron chi connectivity index (χ1n) is 5.59. The Balaban J connectivity index is 2.05. The summed E-state index contributed by atoms with van der Waals surface area (Å²) in [6.07, 6.45) is 5.53. The lowest BCUT2D eigenvalue weighted by molar-refractivity contribution is -0.0366. The third-order valence-corrected chi connectivity index (χ3v) is 3.66. The van der Waals surface area contributed by atoms with Crippen molar-refractivity contribution in [3.63, 3.8) is 0 Å². The number of aromatic nitrogens is 2. The van der Waals surface area contributed by atoms with Crippen molar-refractivity contribution < 1.29 is 4.74 Å². The highest BCUT2D eigenvalue weighted by Gasteiger charge is 2.18. The summed E-state index contributed by atoms with van der Waals surface area (Å²) in [7, 11) is 0. The van der Waals surface area contributed by atoms with Crippen LogP contribution in [0.25, 0.3) is 10.9 Å². The van der Waals surface area contributed by atoms with E-state index in [1.165, 1.54) is 27.3 Å². The zero-order valence-electron chi connectivity index (χ0n) is 8.90. The van der Waals surface area contributed by atoms with E-state index >= 15 is 0 Å². The zero-order valence-corrected chi connectivity index (χ0v) is 11.1. The van der Waals surface area contributed by atoms with Gasteiger partial charge in [0.2, 0.25) is 0 Å². The van der Waals surface area contributed by atoms with Crippen LogP contribution in [-0.4, -0.2) is 16.4 Å². The molecule has 3 nitrogen and oxygen atoms in total. The van der Waals surface area contributed by atoms with Crippen molar-refractivity contribution in [2.75, 3.05) is 6.61 Å². The Morgan fingerprint density at radius 3 is 3.12 bits per heavy atom. The number of fused-ring (bicyclic) bond motifs is 1. The topological polar surface area (TPSA) is 27.1 Å². The minimum atomic E-state index is 0.129. The van der Waals surface area contributed by atoms with Crippen molar-refractivity contribution in [2.24, 2.45) is 0 Å². The average Bonchev–Trinajstić information content (AvgIpc) is 2.73. The van der Waals surface area contributed by atoms with Crippen molar-refractivity contribution >= 4 is 33.5 Å². The molecule has 0 radical (unpaired) electrons. The van der Waals surface area contributed by atoms with Crippen molar-refractivity contribution in [1.82, 2.24) is 9.78 Å². The van der Waals surface area contributed by atoms with Crippen LogP contribution in [0.5, 0.6) is 0 Å². The third-order valence-electron chi connectivity index (χ3n) is 2.99. The Bertz CT molecular complexity index is 503. The van der Waals surface area contributed by atoms with Crippen molar-refractivity contribution in [1.29, 1.82) is 0 Å². The molecule has 0 N–H and O–H groups in total. The Labute approximate surface area is 108 Å². The zero-order chi connectivity index (χ0) is 11.0. The van der Waals surface area contributed by atoms with Crippen LogP contribution in [0.1, 0.15) is 25.5 Å². The average molecular weight is 328 g/mol. The molecule has 2 heterocycles. The van der Waals surface area contributed by atoms with Crippen molar-refractivity contribution in [3.8, 4) is 0 Å². The van der Waals surface area contributed by atoms with Crippen molar-refractivity contribution in [3.05, 3.63) is 28.0 Å². The fourth-order valence-electron chi connectivity index (χ4n) is 2.16. The first-order chi connectivity index (χ1) is 7.84. The van der Waals surface area contributed by atoms with Gasteiger partial charge in [-0.25, -0.2) is 4.68 Å². The second-order valence-corrected chi connectivity index (χ2v) is 5.36. The molecule has 2 aromatic rings. The third kappa shape index (κ3) is 1.84. The van der Waals surface area contributed by atoms with Gasteiger partial charge in [-0.15, -0.1) is 0 Å². The summed E-state index contributed by atoms with van der Waals surface area (Å²) in [6, 6.07) is 6.39. The minimum Gasteiger partial charge on any atom is -0.356 e. The lowest BCUT2D eigenvalue weighted by Crippen LogP contribution is -2.18. The molecule has 1 aromatic heterocycles. The van der Waals surface area contributed by atoms with Gasteiger partial charge in [0.25, 0.3) is 0 Å². The number of ether oxygens (including phenoxy) is 1. The van der Waals surface area contributed by atoms with Crippen LogP contribution >= 0.6 is 22.6 Å². The van der Waals surface area contributed by atoms with Gasteiger partial charge in [0.15, 0.2) is 6.23 Å². The predicted octanol–water partition coefficient (Wildman–Crippen LogP) is 3.34. The lowest BCUT2D eigenvalue weighted by Gasteiger charge is -2.23. The number of rotatable bonds is 1. The number of hydrogen-bond donors (Lipinski definition) is 0. The molecule has 1 aliphatic heterocycles. The first kappa shape index (κ1) is 10.5. The molecule has 0 aliphatic carbocycles. The molecular formula is C12H13IN2O. The van der Waals surface area contributed by atoms with E-state index in [0.717, 1.165) is 13.0 Å². The maximum absolute atomic E-state index is 5.77. The van der Waals surface area contributed by atoms with E-state index in [0.29, 0.717) is 0 Å². The van der Waals surface area contributed by atoms with Crippen molar-refractivity contribution in [2.45, 2.75) is 25.5 Å². The summed E-state index contributed by atoms with van der Waals surface area (Å²) in [5.41, 5.74) is 1.18. The molecule has 0 saturated carbocycles. The number of nitrogens with zero attached hydrogens (tertiary/aromatic N) is 2. The molecule has 0 spiro atoms. The van der Waals surface area contributed by atoms with Gasteiger partial charge in [-0.2, -0.15) is 5.10 Å². The van der Waals surface area contributed by atoms with Crippen LogP contribution in [0.3, 0.4) is 0 Å². The van der Waals surface area contributed by atoms with E-state index < -0.39 is 0 Å². The highest BCUT2D eigenvalue weighted by molar-refractivity contribution is 14.1. The van der Waals surface area contributed by atoms with Crippen LogP contribution in [-0.2, 0) is 4.74 Å².